The normalized spacial score (nSPS) is 18.5. The van der Waals surface area contributed by atoms with E-state index in [0.717, 1.165) is 13.2 Å². The van der Waals surface area contributed by atoms with Crippen LogP contribution < -0.4 is 0 Å². The molecule has 0 aromatic heterocycles. The first kappa shape index (κ1) is 20.1. The molecule has 0 unspecified atom stereocenters. The Kier molecular flexibility index (Phi) is 10.6. The van der Waals surface area contributed by atoms with Gasteiger partial charge in [0, 0.05) is 22.6 Å². The SMILES string of the molecule is CC=C(C)[SiH2]CCCCCCCC[Si](C)(C)N1CCOCC1. The van der Waals surface area contributed by atoms with Gasteiger partial charge >= 0.3 is 0 Å². The molecule has 1 aliphatic rings. The summed E-state index contributed by atoms with van der Waals surface area (Å²) in [5.41, 5.74) is 0. The van der Waals surface area contributed by atoms with E-state index in [4.69, 9.17) is 4.74 Å². The highest BCUT2D eigenvalue weighted by Crippen LogP contribution is 2.21. The number of nitrogens with zero attached hydrogens (tertiary/aromatic N) is 1. The standard InChI is InChI=1S/C18H39NOSi2/c1-5-18(2)21-16-10-8-6-7-9-11-17-22(3,4)19-12-14-20-15-13-19/h5H,6-17,21H2,1-4H3. The van der Waals surface area contributed by atoms with Crippen molar-refractivity contribution in [1.29, 1.82) is 0 Å². The van der Waals surface area contributed by atoms with E-state index in [9.17, 15) is 0 Å². The predicted octanol–water partition coefficient (Wildman–Crippen LogP) is 4.38. The maximum Gasteiger partial charge on any atom is 0.122 e. The van der Waals surface area contributed by atoms with Gasteiger partial charge in [0.1, 0.15) is 8.24 Å². The van der Waals surface area contributed by atoms with Gasteiger partial charge in [-0.3, -0.25) is 0 Å². The van der Waals surface area contributed by atoms with Crippen LogP contribution in [0.4, 0.5) is 0 Å². The monoisotopic (exact) mass is 341 g/mol. The Morgan fingerprint density at radius 1 is 1.05 bits per heavy atom. The molecule has 0 spiro atoms. The number of hydrogen-bond acceptors (Lipinski definition) is 2. The van der Waals surface area contributed by atoms with Gasteiger partial charge < -0.3 is 9.30 Å². The molecule has 0 bridgehead atoms. The molecule has 0 aromatic carbocycles. The molecule has 1 rings (SSSR count). The maximum atomic E-state index is 5.49. The average molecular weight is 342 g/mol. The van der Waals surface area contributed by atoms with Crippen LogP contribution in [-0.2, 0) is 4.74 Å². The first-order valence-corrected chi connectivity index (χ1v) is 14.4. The summed E-state index contributed by atoms with van der Waals surface area (Å²) in [5.74, 6) is 0. The van der Waals surface area contributed by atoms with Crippen molar-refractivity contribution in [2.75, 3.05) is 26.3 Å². The van der Waals surface area contributed by atoms with Gasteiger partial charge in [0.2, 0.25) is 0 Å². The Balaban J connectivity index is 1.96. The van der Waals surface area contributed by atoms with Crippen molar-refractivity contribution in [3.05, 3.63) is 11.3 Å². The smallest absolute Gasteiger partial charge is 0.122 e. The Labute approximate surface area is 142 Å². The highest BCUT2D eigenvalue weighted by molar-refractivity contribution is 6.74. The number of rotatable bonds is 11. The maximum absolute atomic E-state index is 5.49. The fourth-order valence-electron chi connectivity index (χ4n) is 3.32. The zero-order valence-electron chi connectivity index (χ0n) is 15.6. The second kappa shape index (κ2) is 11.6. The molecular formula is C18H39NOSi2. The zero-order chi connectivity index (χ0) is 16.3. The average Bonchev–Trinajstić information content (AvgIpc) is 2.53. The van der Waals surface area contributed by atoms with Crippen molar-refractivity contribution in [3.8, 4) is 0 Å². The molecular weight excluding hydrogens is 302 g/mol. The molecule has 2 nitrogen and oxygen atoms in total. The number of morpholine rings is 1. The molecule has 4 heteroatoms. The van der Waals surface area contributed by atoms with E-state index >= 15 is 0 Å². The van der Waals surface area contributed by atoms with Crippen LogP contribution in [-0.4, -0.2) is 48.6 Å². The first-order chi connectivity index (χ1) is 10.6. The summed E-state index contributed by atoms with van der Waals surface area (Å²) in [6, 6.07) is 2.99. The van der Waals surface area contributed by atoms with Crippen molar-refractivity contribution in [2.24, 2.45) is 0 Å². The summed E-state index contributed by atoms with van der Waals surface area (Å²) in [4.78, 5) is 0. The highest BCUT2D eigenvalue weighted by Gasteiger charge is 2.29. The second-order valence-corrected chi connectivity index (χ2v) is 14.6. The predicted molar refractivity (Wildman–Crippen MR) is 105 cm³/mol. The lowest BCUT2D eigenvalue weighted by atomic mass is 10.1. The van der Waals surface area contributed by atoms with Gasteiger partial charge in [-0.05, 0) is 19.9 Å². The molecule has 1 heterocycles. The quantitative estimate of drug-likeness (QED) is 0.408. The minimum absolute atomic E-state index is 0.112. The van der Waals surface area contributed by atoms with Crippen molar-refractivity contribution in [3.63, 3.8) is 0 Å². The van der Waals surface area contributed by atoms with Crippen molar-refractivity contribution in [2.45, 2.75) is 77.6 Å². The Morgan fingerprint density at radius 2 is 1.64 bits per heavy atom. The van der Waals surface area contributed by atoms with E-state index in [-0.39, 0.29) is 9.52 Å². The van der Waals surface area contributed by atoms with Gasteiger partial charge in [-0.15, -0.1) is 0 Å². The van der Waals surface area contributed by atoms with E-state index in [1.54, 1.807) is 5.20 Å². The van der Waals surface area contributed by atoms with E-state index in [1.165, 1.54) is 63.7 Å². The van der Waals surface area contributed by atoms with E-state index in [1.807, 2.05) is 0 Å². The topological polar surface area (TPSA) is 12.5 Å². The molecule has 0 aliphatic carbocycles. The van der Waals surface area contributed by atoms with Crippen LogP contribution in [0.5, 0.6) is 0 Å². The highest BCUT2D eigenvalue weighted by atomic mass is 28.3. The fourth-order valence-corrected chi connectivity index (χ4v) is 7.59. The van der Waals surface area contributed by atoms with Crippen LogP contribution in [0.3, 0.4) is 0 Å². The molecule has 1 saturated heterocycles. The number of hydrogen-bond donors (Lipinski definition) is 0. The van der Waals surface area contributed by atoms with Gasteiger partial charge in [-0.2, -0.15) is 0 Å². The lowest BCUT2D eigenvalue weighted by Crippen LogP contribution is -2.53. The summed E-state index contributed by atoms with van der Waals surface area (Å²) in [7, 11) is -1.04. The molecule has 0 atom stereocenters. The summed E-state index contributed by atoms with van der Waals surface area (Å²) in [6.07, 6.45) is 11.1. The van der Waals surface area contributed by atoms with E-state index in [2.05, 4.69) is 37.6 Å². The van der Waals surface area contributed by atoms with Gasteiger partial charge in [0.25, 0.3) is 0 Å². The molecule has 0 saturated carbocycles. The van der Waals surface area contributed by atoms with Crippen LogP contribution in [0.25, 0.3) is 0 Å². The van der Waals surface area contributed by atoms with Gasteiger partial charge in [-0.1, -0.05) is 68.9 Å². The Hall–Kier alpha value is 0.0938. The fraction of sp³-hybridized carbons (Fsp3) is 0.889. The lowest BCUT2D eigenvalue weighted by molar-refractivity contribution is 0.0687. The molecule has 1 aliphatic heterocycles. The molecule has 0 N–H and O–H groups in total. The summed E-state index contributed by atoms with van der Waals surface area (Å²) >= 11 is 0. The second-order valence-electron chi connectivity index (χ2n) is 7.52. The lowest BCUT2D eigenvalue weighted by Gasteiger charge is -2.39. The summed E-state index contributed by atoms with van der Waals surface area (Å²) in [6.45, 7) is 13.8. The first-order valence-electron chi connectivity index (χ1n) is 9.51. The largest absolute Gasteiger partial charge is 0.379 e. The van der Waals surface area contributed by atoms with E-state index in [0.29, 0.717) is 0 Å². The van der Waals surface area contributed by atoms with Gasteiger partial charge in [0.05, 0.1) is 13.2 Å². The molecule has 0 radical (unpaired) electrons. The third-order valence-electron chi connectivity index (χ3n) is 5.22. The third kappa shape index (κ3) is 8.65. The van der Waals surface area contributed by atoms with Crippen molar-refractivity contribution >= 4 is 17.8 Å². The number of unbranched alkanes of at least 4 members (excludes halogenated alkanes) is 5. The van der Waals surface area contributed by atoms with Crippen LogP contribution >= 0.6 is 0 Å². The molecule has 130 valence electrons. The van der Waals surface area contributed by atoms with Crippen LogP contribution in [0, 0.1) is 0 Å². The minimum Gasteiger partial charge on any atom is -0.379 e. The van der Waals surface area contributed by atoms with Gasteiger partial charge in [0.15, 0.2) is 0 Å². The van der Waals surface area contributed by atoms with Crippen molar-refractivity contribution < 1.29 is 4.74 Å². The van der Waals surface area contributed by atoms with E-state index < -0.39 is 8.24 Å². The molecule has 0 amide bonds. The summed E-state index contributed by atoms with van der Waals surface area (Å²) in [5, 5.41) is 1.69. The van der Waals surface area contributed by atoms with Crippen LogP contribution in [0.1, 0.15) is 52.4 Å². The van der Waals surface area contributed by atoms with Crippen LogP contribution in [0.15, 0.2) is 11.3 Å². The number of allylic oxidation sites excluding steroid dienone is 2. The van der Waals surface area contributed by atoms with Crippen molar-refractivity contribution in [1.82, 2.24) is 4.57 Å². The van der Waals surface area contributed by atoms with Gasteiger partial charge in [-0.25, -0.2) is 0 Å². The molecule has 1 fully saturated rings. The molecule has 0 aromatic rings. The molecule has 22 heavy (non-hydrogen) atoms. The minimum atomic E-state index is -1.15. The Morgan fingerprint density at radius 3 is 2.27 bits per heavy atom. The number of ether oxygens (including phenoxy) is 1. The summed E-state index contributed by atoms with van der Waals surface area (Å²) < 4.78 is 8.24. The Bertz CT molecular complexity index is 312. The third-order valence-corrected chi connectivity index (χ3v) is 11.0. The zero-order valence-corrected chi connectivity index (χ0v) is 18.0. The van der Waals surface area contributed by atoms with Crippen LogP contribution in [0.2, 0.25) is 25.2 Å².